The van der Waals surface area contributed by atoms with Crippen LogP contribution in [0.4, 0.5) is 5.82 Å². The molecule has 0 bridgehead atoms. The maximum atomic E-state index is 8.83. The van der Waals surface area contributed by atoms with Crippen molar-refractivity contribution in [1.29, 1.82) is 0 Å². The molecule has 0 aliphatic carbocycles. The van der Waals surface area contributed by atoms with Crippen LogP contribution in [0, 0.1) is 0 Å². The van der Waals surface area contributed by atoms with Crippen LogP contribution in [0.1, 0.15) is 0 Å². The van der Waals surface area contributed by atoms with E-state index in [4.69, 9.17) is 9.79 Å². The summed E-state index contributed by atoms with van der Waals surface area (Å²) in [6.45, 7) is -2.87. The average molecular weight is 248 g/mol. The Morgan fingerprint density at radius 3 is 2.80 bits per heavy atom. The molecule has 0 aliphatic heterocycles. The lowest BCUT2D eigenvalue weighted by atomic mass is 10.4. The zero-order valence-electron chi connectivity index (χ0n) is 8.28. The van der Waals surface area contributed by atoms with Crippen molar-refractivity contribution in [2.24, 2.45) is 0 Å². The monoisotopic (exact) mass is 248 g/mol. The summed E-state index contributed by atoms with van der Waals surface area (Å²) in [6.07, 6.45) is 1.69. The summed E-state index contributed by atoms with van der Waals surface area (Å²) in [6, 6.07) is 5.56. The molecule has 2 N–H and O–H groups in total. The number of anilines is 1. The van der Waals surface area contributed by atoms with Crippen molar-refractivity contribution in [3.8, 4) is 0 Å². The van der Waals surface area contributed by atoms with Crippen LogP contribution in [-0.4, -0.2) is 35.0 Å². The van der Waals surface area contributed by atoms with Gasteiger partial charge in [0.1, 0.15) is 5.82 Å². The van der Waals surface area contributed by atoms with Crippen LogP contribution in [0.5, 0.6) is 0 Å². The van der Waals surface area contributed by atoms with E-state index in [2.05, 4.69) is 21.3 Å². The summed E-state index contributed by atoms with van der Waals surface area (Å²) in [5.74, 6) is 0.797. The first kappa shape index (κ1) is 12.5. The van der Waals surface area contributed by atoms with Crippen molar-refractivity contribution in [1.82, 2.24) is 4.98 Å². The highest BCUT2D eigenvalue weighted by Crippen LogP contribution is 2.35. The summed E-state index contributed by atoms with van der Waals surface area (Å²) in [4.78, 5) is 23.6. The normalized spacial score (nSPS) is 11.4. The van der Waals surface area contributed by atoms with Gasteiger partial charge in [0.25, 0.3) is 0 Å². The molecule has 0 saturated heterocycles. The molecular formula is C8H13N2O3PS. The highest BCUT2D eigenvalue weighted by molar-refractivity contribution is 8.06. The summed E-state index contributed by atoms with van der Waals surface area (Å²) in [7, 11) is 1.84. The van der Waals surface area contributed by atoms with E-state index in [9.17, 15) is 0 Å². The van der Waals surface area contributed by atoms with Gasteiger partial charge < -0.3 is 19.2 Å². The molecule has 0 aromatic carbocycles. The number of nitrogens with zero attached hydrogens (tertiary/aromatic N) is 2. The fourth-order valence-electron chi connectivity index (χ4n) is 0.991. The Balaban J connectivity index is 2.37. The molecule has 1 rings (SSSR count). The summed E-state index contributed by atoms with van der Waals surface area (Å²) < 4.78 is 4.69. The predicted octanol–water partition coefficient (Wildman–Crippen LogP) is 0.743. The first-order chi connectivity index (χ1) is 6.99. The number of aromatic nitrogens is 1. The first-order valence-corrected chi connectivity index (χ1v) is 6.94. The molecule has 1 aromatic heterocycles. The molecule has 0 amide bonds. The van der Waals surface area contributed by atoms with Crippen molar-refractivity contribution in [2.75, 3.05) is 25.1 Å². The summed E-state index contributed by atoms with van der Waals surface area (Å²) in [5, 5.41) is 0. The Morgan fingerprint density at radius 1 is 1.53 bits per heavy atom. The molecule has 0 aliphatic rings. The quantitative estimate of drug-likeness (QED) is 0.749. The third-order valence-corrected chi connectivity index (χ3v) is 2.56. The van der Waals surface area contributed by atoms with Gasteiger partial charge in [-0.05, 0) is 23.9 Å². The Labute approximate surface area is 93.6 Å². The topological polar surface area (TPSA) is 65.8 Å². The molecule has 0 unspecified atom stereocenters. The summed E-state index contributed by atoms with van der Waals surface area (Å²) >= 11 is 4.32. The van der Waals surface area contributed by atoms with Crippen LogP contribution in [0.15, 0.2) is 24.4 Å². The summed E-state index contributed by atoms with van der Waals surface area (Å²) in [5.41, 5.74) is 0. The fourth-order valence-corrected chi connectivity index (χ4v) is 1.53. The maximum Gasteiger partial charge on any atom is 0.321 e. The number of rotatable bonds is 5. The van der Waals surface area contributed by atoms with E-state index in [1.165, 1.54) is 0 Å². The van der Waals surface area contributed by atoms with E-state index < -0.39 is 6.72 Å². The molecule has 0 radical (unpaired) electrons. The van der Waals surface area contributed by atoms with Gasteiger partial charge >= 0.3 is 6.72 Å². The van der Waals surface area contributed by atoms with Crippen molar-refractivity contribution >= 4 is 24.3 Å². The molecule has 0 atom stereocenters. The molecule has 1 aromatic rings. The van der Waals surface area contributed by atoms with Gasteiger partial charge in [0.15, 0.2) is 0 Å². The highest BCUT2D eigenvalue weighted by Gasteiger charge is 2.08. The molecule has 1 heterocycles. The largest absolute Gasteiger partial charge is 0.357 e. The highest BCUT2D eigenvalue weighted by atomic mass is 32.5. The van der Waals surface area contributed by atoms with Gasteiger partial charge in [-0.2, -0.15) is 0 Å². The minimum Gasteiger partial charge on any atom is -0.357 e. The minimum absolute atomic E-state index is 0.164. The Hall–Kier alpha value is -0.520. The fraction of sp³-hybridized carbons (Fsp3) is 0.375. The van der Waals surface area contributed by atoms with E-state index in [0.29, 0.717) is 6.54 Å². The maximum absolute atomic E-state index is 8.83. The Kier molecular flexibility index (Phi) is 4.63. The van der Waals surface area contributed by atoms with E-state index in [1.54, 1.807) is 6.20 Å². The minimum atomic E-state index is -3.53. The molecule has 0 fully saturated rings. The number of hydrogen-bond donors (Lipinski definition) is 2. The molecule has 84 valence electrons. The van der Waals surface area contributed by atoms with Crippen LogP contribution >= 0.6 is 6.72 Å². The molecule has 15 heavy (non-hydrogen) atoms. The molecule has 0 spiro atoms. The predicted molar refractivity (Wildman–Crippen MR) is 62.2 cm³/mol. The molecular weight excluding hydrogens is 235 g/mol. The molecule has 0 saturated carbocycles. The zero-order chi connectivity index (χ0) is 11.3. The molecule has 7 heteroatoms. The van der Waals surface area contributed by atoms with Crippen LogP contribution < -0.4 is 4.90 Å². The lowest BCUT2D eigenvalue weighted by Gasteiger charge is -2.18. The van der Waals surface area contributed by atoms with E-state index in [0.717, 1.165) is 5.82 Å². The second kappa shape index (κ2) is 5.53. The van der Waals surface area contributed by atoms with Gasteiger partial charge in [0.2, 0.25) is 0 Å². The second-order valence-electron chi connectivity index (χ2n) is 2.93. The lowest BCUT2D eigenvalue weighted by Crippen LogP contribution is -2.22. The van der Waals surface area contributed by atoms with Crippen LogP contribution in [-0.2, 0) is 16.3 Å². The lowest BCUT2D eigenvalue weighted by molar-refractivity contribution is 0.257. The van der Waals surface area contributed by atoms with Gasteiger partial charge in [-0.15, -0.1) is 0 Å². The van der Waals surface area contributed by atoms with Crippen LogP contribution in [0.25, 0.3) is 0 Å². The standard InChI is InChI=1S/C8H13N2O3PS/c1-10(6-7-13-14(11,12)15)8-4-2-3-5-9-8/h2-5H,6-7H2,1H3,(H2,11,12,15). The van der Waals surface area contributed by atoms with Gasteiger partial charge in [-0.25, -0.2) is 4.98 Å². The SMILES string of the molecule is CN(CCOP(O)(O)=S)c1ccccn1. The van der Waals surface area contributed by atoms with Crippen molar-refractivity contribution in [3.05, 3.63) is 24.4 Å². The van der Waals surface area contributed by atoms with E-state index in [-0.39, 0.29) is 6.61 Å². The number of pyridine rings is 1. The zero-order valence-corrected chi connectivity index (χ0v) is 9.99. The number of likely N-dealkylation sites (N-methyl/N-ethyl adjacent to an activating group) is 1. The van der Waals surface area contributed by atoms with E-state index in [1.807, 2.05) is 30.1 Å². The third-order valence-electron chi connectivity index (χ3n) is 1.73. The van der Waals surface area contributed by atoms with Gasteiger partial charge in [0, 0.05) is 19.8 Å². The smallest absolute Gasteiger partial charge is 0.321 e. The van der Waals surface area contributed by atoms with Gasteiger partial charge in [-0.3, -0.25) is 0 Å². The molecule has 5 nitrogen and oxygen atoms in total. The first-order valence-electron chi connectivity index (χ1n) is 4.31. The van der Waals surface area contributed by atoms with E-state index >= 15 is 0 Å². The van der Waals surface area contributed by atoms with Gasteiger partial charge in [-0.1, -0.05) is 6.07 Å². The van der Waals surface area contributed by atoms with Crippen LogP contribution in [0.3, 0.4) is 0 Å². The van der Waals surface area contributed by atoms with Gasteiger partial charge in [0.05, 0.1) is 6.61 Å². The van der Waals surface area contributed by atoms with Crippen molar-refractivity contribution in [2.45, 2.75) is 0 Å². The Morgan fingerprint density at radius 2 is 2.27 bits per heavy atom. The van der Waals surface area contributed by atoms with Crippen LogP contribution in [0.2, 0.25) is 0 Å². The third kappa shape index (κ3) is 5.20. The van der Waals surface area contributed by atoms with Crippen molar-refractivity contribution in [3.63, 3.8) is 0 Å². The average Bonchev–Trinajstić information content (AvgIpc) is 2.17. The Bertz CT molecular complexity index is 343. The number of hydrogen-bond acceptors (Lipinski definition) is 4. The van der Waals surface area contributed by atoms with Crippen molar-refractivity contribution < 1.29 is 14.3 Å². The second-order valence-corrected chi connectivity index (χ2v) is 5.60.